The van der Waals surface area contributed by atoms with Gasteiger partial charge in [-0.2, -0.15) is 0 Å². The summed E-state index contributed by atoms with van der Waals surface area (Å²) in [5, 5.41) is 0. The van der Waals surface area contributed by atoms with Crippen molar-refractivity contribution in [3.8, 4) is 0 Å². The molecule has 4 nitrogen and oxygen atoms in total. The van der Waals surface area contributed by atoms with Crippen LogP contribution in [0.3, 0.4) is 0 Å². The largest absolute Gasteiger partial charge is 0.363 e. The van der Waals surface area contributed by atoms with Gasteiger partial charge in [-0.25, -0.2) is 9.97 Å². The molecular weight excluding hydrogens is 224 g/mol. The second-order valence-corrected chi connectivity index (χ2v) is 4.29. The van der Waals surface area contributed by atoms with Crippen molar-refractivity contribution >= 4 is 28.6 Å². The summed E-state index contributed by atoms with van der Waals surface area (Å²) in [6, 6.07) is 3.99. The van der Waals surface area contributed by atoms with Gasteiger partial charge in [-0.15, -0.1) is 11.6 Å². The van der Waals surface area contributed by atoms with Gasteiger partial charge in [-0.1, -0.05) is 0 Å². The number of pyridine rings is 1. The smallest absolute Gasteiger partial charge is 0.179 e. The first-order valence-electron chi connectivity index (χ1n) is 5.29. The van der Waals surface area contributed by atoms with E-state index in [1.807, 2.05) is 31.1 Å². The summed E-state index contributed by atoms with van der Waals surface area (Å²) in [6.07, 6.45) is 1.80. The molecule has 16 heavy (non-hydrogen) atoms. The molecule has 0 saturated carbocycles. The van der Waals surface area contributed by atoms with E-state index in [-0.39, 0.29) is 0 Å². The maximum Gasteiger partial charge on any atom is 0.179 e. The number of imidazole rings is 1. The number of hydrogen-bond donors (Lipinski definition) is 1. The molecule has 2 aromatic heterocycles. The Morgan fingerprint density at radius 1 is 1.31 bits per heavy atom. The van der Waals surface area contributed by atoms with Crippen LogP contribution < -0.4 is 4.90 Å². The zero-order valence-corrected chi connectivity index (χ0v) is 10.3. The number of H-pyrrole nitrogens is 1. The molecule has 0 fully saturated rings. The Bertz CT molecular complexity index is 478. The Morgan fingerprint density at radius 3 is 2.81 bits per heavy atom. The number of alkyl halides is 1. The van der Waals surface area contributed by atoms with Gasteiger partial charge in [0.25, 0.3) is 0 Å². The average Bonchev–Trinajstić information content (AvgIpc) is 2.67. The summed E-state index contributed by atoms with van der Waals surface area (Å²) in [5.74, 6) is 2.54. The summed E-state index contributed by atoms with van der Waals surface area (Å²) in [7, 11) is 3.93. The summed E-state index contributed by atoms with van der Waals surface area (Å²) in [6.45, 7) is 0. The van der Waals surface area contributed by atoms with Crippen LogP contribution in [0.2, 0.25) is 0 Å². The Hall–Kier alpha value is -1.29. The number of anilines is 1. The van der Waals surface area contributed by atoms with Crippen LogP contribution in [0, 0.1) is 0 Å². The van der Waals surface area contributed by atoms with Crippen molar-refractivity contribution in [3.05, 3.63) is 18.0 Å². The minimum Gasteiger partial charge on any atom is -0.363 e. The molecule has 2 aromatic rings. The molecule has 0 amide bonds. The zero-order chi connectivity index (χ0) is 11.5. The molecule has 1 N–H and O–H groups in total. The Morgan fingerprint density at radius 2 is 2.12 bits per heavy atom. The van der Waals surface area contributed by atoms with Crippen LogP contribution in [0.4, 0.5) is 5.82 Å². The Balaban J connectivity index is 2.30. The molecule has 0 saturated heterocycles. The quantitative estimate of drug-likeness (QED) is 0.831. The van der Waals surface area contributed by atoms with Gasteiger partial charge in [-0.05, 0) is 18.6 Å². The second kappa shape index (κ2) is 4.70. The van der Waals surface area contributed by atoms with Crippen molar-refractivity contribution in [2.75, 3.05) is 24.9 Å². The summed E-state index contributed by atoms with van der Waals surface area (Å²) < 4.78 is 0. The van der Waals surface area contributed by atoms with E-state index in [0.29, 0.717) is 5.88 Å². The predicted octanol–water partition coefficient (Wildman–Crippen LogP) is 2.20. The number of halogens is 1. The first-order chi connectivity index (χ1) is 7.70. The number of aromatic nitrogens is 3. The van der Waals surface area contributed by atoms with Gasteiger partial charge >= 0.3 is 0 Å². The molecule has 2 rings (SSSR count). The van der Waals surface area contributed by atoms with Crippen molar-refractivity contribution in [1.29, 1.82) is 0 Å². The highest BCUT2D eigenvalue weighted by atomic mass is 35.5. The maximum atomic E-state index is 5.65. The molecule has 0 atom stereocenters. The van der Waals surface area contributed by atoms with Gasteiger partial charge in [0.05, 0.1) is 5.52 Å². The maximum absolute atomic E-state index is 5.65. The number of aromatic amines is 1. The fourth-order valence-corrected chi connectivity index (χ4v) is 1.67. The average molecular weight is 239 g/mol. The topological polar surface area (TPSA) is 44.8 Å². The highest BCUT2D eigenvalue weighted by Gasteiger charge is 2.05. The van der Waals surface area contributed by atoms with Crippen molar-refractivity contribution in [1.82, 2.24) is 15.0 Å². The third-order valence-electron chi connectivity index (χ3n) is 2.39. The number of nitrogens with zero attached hydrogens (tertiary/aromatic N) is 3. The lowest BCUT2D eigenvalue weighted by Crippen LogP contribution is -2.10. The Labute approximate surface area is 99.6 Å². The van der Waals surface area contributed by atoms with Gasteiger partial charge in [0, 0.05) is 26.4 Å². The van der Waals surface area contributed by atoms with Crippen molar-refractivity contribution in [2.24, 2.45) is 0 Å². The fraction of sp³-hybridized carbons (Fsp3) is 0.455. The van der Waals surface area contributed by atoms with Crippen molar-refractivity contribution in [3.63, 3.8) is 0 Å². The van der Waals surface area contributed by atoms with Gasteiger partial charge in [0.15, 0.2) is 5.65 Å². The SMILES string of the molecule is CN(C)c1ccc2[nH]c(CCCCl)nc2n1. The lowest BCUT2D eigenvalue weighted by atomic mass is 10.3. The second-order valence-electron chi connectivity index (χ2n) is 3.91. The van der Waals surface area contributed by atoms with Crippen LogP contribution in [0.5, 0.6) is 0 Å². The van der Waals surface area contributed by atoms with E-state index in [1.165, 1.54) is 0 Å². The summed E-state index contributed by atoms with van der Waals surface area (Å²) >= 11 is 5.65. The molecule has 0 unspecified atom stereocenters. The van der Waals surface area contributed by atoms with E-state index < -0.39 is 0 Å². The van der Waals surface area contributed by atoms with E-state index in [1.54, 1.807) is 0 Å². The van der Waals surface area contributed by atoms with Gasteiger partial charge in [0.1, 0.15) is 11.6 Å². The van der Waals surface area contributed by atoms with Gasteiger partial charge in [-0.3, -0.25) is 0 Å². The number of fused-ring (bicyclic) bond motifs is 1. The van der Waals surface area contributed by atoms with Crippen LogP contribution in [-0.2, 0) is 6.42 Å². The number of rotatable bonds is 4. The number of nitrogens with one attached hydrogen (secondary N) is 1. The molecule has 2 heterocycles. The lowest BCUT2D eigenvalue weighted by molar-refractivity contribution is 0.865. The molecule has 0 aromatic carbocycles. The van der Waals surface area contributed by atoms with Crippen LogP contribution >= 0.6 is 11.6 Å². The highest BCUT2D eigenvalue weighted by Crippen LogP contribution is 2.15. The first kappa shape index (κ1) is 11.2. The standard InChI is InChI=1S/C11H15ClN4/c1-16(2)10-6-5-8-11(15-10)14-9(13-8)4-3-7-12/h5-6H,3-4,7H2,1-2H3,(H,13,14,15). The van der Waals surface area contributed by atoms with Gasteiger partial charge < -0.3 is 9.88 Å². The molecule has 0 spiro atoms. The molecule has 0 bridgehead atoms. The third-order valence-corrected chi connectivity index (χ3v) is 2.65. The molecule has 86 valence electrons. The predicted molar refractivity (Wildman–Crippen MR) is 67.3 cm³/mol. The monoisotopic (exact) mass is 238 g/mol. The van der Waals surface area contributed by atoms with Crippen LogP contribution in [0.1, 0.15) is 12.2 Å². The van der Waals surface area contributed by atoms with Crippen LogP contribution in [0.25, 0.3) is 11.2 Å². The fourth-order valence-electron chi connectivity index (χ4n) is 1.53. The molecule has 0 aliphatic carbocycles. The first-order valence-corrected chi connectivity index (χ1v) is 5.83. The van der Waals surface area contributed by atoms with Crippen molar-refractivity contribution < 1.29 is 0 Å². The summed E-state index contributed by atoms with van der Waals surface area (Å²) in [5.41, 5.74) is 1.76. The minimum absolute atomic E-state index is 0.660. The van der Waals surface area contributed by atoms with E-state index in [0.717, 1.165) is 35.6 Å². The zero-order valence-electron chi connectivity index (χ0n) is 9.50. The van der Waals surface area contributed by atoms with E-state index in [2.05, 4.69) is 15.0 Å². The lowest BCUT2D eigenvalue weighted by Gasteiger charge is -2.09. The molecule has 5 heteroatoms. The normalized spacial score (nSPS) is 10.9. The van der Waals surface area contributed by atoms with Crippen molar-refractivity contribution in [2.45, 2.75) is 12.8 Å². The van der Waals surface area contributed by atoms with E-state index in [9.17, 15) is 0 Å². The number of hydrogen-bond acceptors (Lipinski definition) is 3. The molecular formula is C11H15ClN4. The van der Waals surface area contributed by atoms with Crippen LogP contribution in [0.15, 0.2) is 12.1 Å². The third kappa shape index (κ3) is 2.27. The number of aryl methyl sites for hydroxylation is 1. The van der Waals surface area contributed by atoms with E-state index in [4.69, 9.17) is 11.6 Å². The van der Waals surface area contributed by atoms with E-state index >= 15 is 0 Å². The highest BCUT2D eigenvalue weighted by molar-refractivity contribution is 6.17. The Kier molecular flexibility index (Phi) is 3.29. The van der Waals surface area contributed by atoms with Gasteiger partial charge in [0.2, 0.25) is 0 Å². The molecule has 0 aliphatic heterocycles. The minimum atomic E-state index is 0.660. The molecule has 0 aliphatic rings. The van der Waals surface area contributed by atoms with Crippen LogP contribution in [-0.4, -0.2) is 34.9 Å². The molecule has 0 radical (unpaired) electrons. The summed E-state index contributed by atoms with van der Waals surface area (Å²) in [4.78, 5) is 14.1.